The molecule has 3 heteroatoms. The summed E-state index contributed by atoms with van der Waals surface area (Å²) in [4.78, 5) is 2.59. The maximum absolute atomic E-state index is 5.41. The van der Waals surface area contributed by atoms with Gasteiger partial charge in [0, 0.05) is 13.7 Å². The first-order valence-corrected chi connectivity index (χ1v) is 8.97. The Kier molecular flexibility index (Phi) is 3.95. The van der Waals surface area contributed by atoms with Gasteiger partial charge in [0.2, 0.25) is 0 Å². The lowest BCUT2D eigenvalue weighted by Gasteiger charge is -2.35. The van der Waals surface area contributed by atoms with Crippen molar-refractivity contribution < 1.29 is 4.74 Å². The number of hydrogen-bond acceptors (Lipinski definition) is 2. The van der Waals surface area contributed by atoms with Crippen LogP contribution in [0.3, 0.4) is 0 Å². The molecule has 0 saturated carbocycles. The third-order valence-electron chi connectivity index (χ3n) is 2.49. The van der Waals surface area contributed by atoms with Crippen LogP contribution in [-0.2, 0) is 4.74 Å². The van der Waals surface area contributed by atoms with E-state index in [2.05, 4.69) is 24.5 Å². The van der Waals surface area contributed by atoms with E-state index in [9.17, 15) is 0 Å². The molecule has 1 saturated heterocycles. The molecule has 0 N–H and O–H groups in total. The molecule has 1 heterocycles. The molecule has 0 bridgehead atoms. The first-order valence-electron chi connectivity index (χ1n) is 5.26. The van der Waals surface area contributed by atoms with Crippen LogP contribution >= 0.6 is 0 Å². The summed E-state index contributed by atoms with van der Waals surface area (Å²) in [6, 6.07) is 0. The lowest BCUT2D eigenvalue weighted by atomic mass is 10.1. The number of likely N-dealkylation sites (tertiary alicyclic amines) is 1. The quantitative estimate of drug-likeness (QED) is 0.647. The molecule has 0 spiro atoms. The zero-order valence-corrected chi connectivity index (χ0v) is 10.5. The SMILES string of the molecule is COC1CCCN(C[Si](C)(C)C)C1. The van der Waals surface area contributed by atoms with E-state index < -0.39 is 8.07 Å². The summed E-state index contributed by atoms with van der Waals surface area (Å²) in [5.74, 6) is 0. The number of hydrogen-bond donors (Lipinski definition) is 0. The van der Waals surface area contributed by atoms with Gasteiger partial charge in [-0.25, -0.2) is 0 Å². The average molecular weight is 201 g/mol. The van der Waals surface area contributed by atoms with E-state index in [1.807, 2.05) is 7.11 Å². The van der Waals surface area contributed by atoms with Crippen LogP contribution in [0.4, 0.5) is 0 Å². The van der Waals surface area contributed by atoms with Gasteiger partial charge in [-0.1, -0.05) is 19.6 Å². The van der Waals surface area contributed by atoms with Crippen LogP contribution < -0.4 is 0 Å². The van der Waals surface area contributed by atoms with Crippen LogP contribution in [-0.4, -0.2) is 45.4 Å². The Bertz CT molecular complexity index is 155. The standard InChI is InChI=1S/C10H23NOSi/c1-12-10-6-5-7-11(8-10)9-13(2,3)4/h10H,5-9H2,1-4H3. The molecule has 1 unspecified atom stereocenters. The van der Waals surface area contributed by atoms with Crippen molar-refractivity contribution in [2.24, 2.45) is 0 Å². The van der Waals surface area contributed by atoms with Crippen molar-refractivity contribution in [1.29, 1.82) is 0 Å². The van der Waals surface area contributed by atoms with Crippen molar-refractivity contribution in [3.05, 3.63) is 0 Å². The van der Waals surface area contributed by atoms with Gasteiger partial charge in [-0.15, -0.1) is 0 Å². The highest BCUT2D eigenvalue weighted by Gasteiger charge is 2.24. The molecule has 0 aromatic carbocycles. The van der Waals surface area contributed by atoms with Crippen LogP contribution in [0, 0.1) is 0 Å². The second kappa shape index (κ2) is 4.58. The van der Waals surface area contributed by atoms with E-state index in [1.165, 1.54) is 25.6 Å². The third kappa shape index (κ3) is 4.25. The van der Waals surface area contributed by atoms with Crippen molar-refractivity contribution in [3.63, 3.8) is 0 Å². The monoisotopic (exact) mass is 201 g/mol. The Balaban J connectivity index is 2.34. The molecule has 1 rings (SSSR count). The predicted molar refractivity (Wildman–Crippen MR) is 59.8 cm³/mol. The Morgan fingerprint density at radius 1 is 1.38 bits per heavy atom. The highest BCUT2D eigenvalue weighted by molar-refractivity contribution is 6.76. The fourth-order valence-corrected chi connectivity index (χ4v) is 3.65. The summed E-state index contributed by atoms with van der Waals surface area (Å²) in [5, 5.41) is 0. The lowest BCUT2D eigenvalue weighted by Crippen LogP contribution is -2.47. The molecule has 0 aromatic heterocycles. The maximum atomic E-state index is 5.41. The van der Waals surface area contributed by atoms with E-state index in [0.717, 1.165) is 6.54 Å². The van der Waals surface area contributed by atoms with Gasteiger partial charge >= 0.3 is 0 Å². The zero-order valence-electron chi connectivity index (χ0n) is 9.47. The van der Waals surface area contributed by atoms with Gasteiger partial charge in [-0.2, -0.15) is 0 Å². The van der Waals surface area contributed by atoms with E-state index in [4.69, 9.17) is 4.74 Å². The maximum Gasteiger partial charge on any atom is 0.0698 e. The number of nitrogens with zero attached hydrogens (tertiary/aromatic N) is 1. The summed E-state index contributed by atoms with van der Waals surface area (Å²) >= 11 is 0. The van der Waals surface area contributed by atoms with Crippen LogP contribution in [0.5, 0.6) is 0 Å². The van der Waals surface area contributed by atoms with E-state index in [0.29, 0.717) is 6.10 Å². The van der Waals surface area contributed by atoms with Crippen LogP contribution in [0.25, 0.3) is 0 Å². The number of methoxy groups -OCH3 is 1. The van der Waals surface area contributed by atoms with E-state index in [-0.39, 0.29) is 0 Å². The smallest absolute Gasteiger partial charge is 0.0698 e. The fourth-order valence-electron chi connectivity index (χ4n) is 2.02. The van der Waals surface area contributed by atoms with Crippen molar-refractivity contribution in [2.45, 2.75) is 38.6 Å². The normalized spacial score (nSPS) is 26.3. The van der Waals surface area contributed by atoms with Crippen molar-refractivity contribution in [1.82, 2.24) is 4.90 Å². The zero-order chi connectivity index (χ0) is 9.90. The minimum Gasteiger partial charge on any atom is -0.380 e. The molecule has 0 aromatic rings. The molecule has 13 heavy (non-hydrogen) atoms. The summed E-state index contributed by atoms with van der Waals surface area (Å²) in [6.07, 6.45) is 4.37. The van der Waals surface area contributed by atoms with Gasteiger partial charge in [0.05, 0.1) is 14.2 Å². The molecule has 1 atom stereocenters. The van der Waals surface area contributed by atoms with E-state index in [1.54, 1.807) is 0 Å². The Labute approximate surface area is 83.3 Å². The van der Waals surface area contributed by atoms with Gasteiger partial charge in [0.15, 0.2) is 0 Å². The molecule has 1 aliphatic heterocycles. The third-order valence-corrected chi connectivity index (χ3v) is 3.89. The van der Waals surface area contributed by atoms with Crippen LogP contribution in [0.2, 0.25) is 19.6 Å². The predicted octanol–water partition coefficient (Wildman–Crippen LogP) is 1.97. The Morgan fingerprint density at radius 3 is 2.62 bits per heavy atom. The number of rotatable bonds is 3. The van der Waals surface area contributed by atoms with Crippen molar-refractivity contribution in [2.75, 3.05) is 26.4 Å². The fraction of sp³-hybridized carbons (Fsp3) is 1.00. The first kappa shape index (κ1) is 11.2. The van der Waals surface area contributed by atoms with Crippen LogP contribution in [0.1, 0.15) is 12.8 Å². The van der Waals surface area contributed by atoms with Gasteiger partial charge < -0.3 is 9.64 Å². The van der Waals surface area contributed by atoms with Crippen molar-refractivity contribution in [3.8, 4) is 0 Å². The first-order chi connectivity index (χ1) is 6.01. The van der Waals surface area contributed by atoms with E-state index >= 15 is 0 Å². The molecule has 1 fully saturated rings. The van der Waals surface area contributed by atoms with Gasteiger partial charge in [-0.3, -0.25) is 0 Å². The molecule has 0 amide bonds. The Morgan fingerprint density at radius 2 is 2.08 bits per heavy atom. The molecule has 2 nitrogen and oxygen atoms in total. The number of piperidine rings is 1. The van der Waals surface area contributed by atoms with Crippen LogP contribution in [0.15, 0.2) is 0 Å². The average Bonchev–Trinajstić information content (AvgIpc) is 2.01. The summed E-state index contributed by atoms with van der Waals surface area (Å²) in [7, 11) is 0.919. The van der Waals surface area contributed by atoms with Gasteiger partial charge in [0.1, 0.15) is 0 Å². The molecule has 78 valence electrons. The largest absolute Gasteiger partial charge is 0.380 e. The summed E-state index contributed by atoms with van der Waals surface area (Å²) in [5.41, 5.74) is 0. The second-order valence-electron chi connectivity index (χ2n) is 5.30. The minimum absolute atomic E-state index is 0.491. The van der Waals surface area contributed by atoms with Gasteiger partial charge in [0.25, 0.3) is 0 Å². The lowest BCUT2D eigenvalue weighted by molar-refractivity contribution is 0.0373. The summed E-state index contributed by atoms with van der Waals surface area (Å²) in [6.45, 7) is 9.74. The molecule has 1 aliphatic rings. The molecule has 0 radical (unpaired) electrons. The highest BCUT2D eigenvalue weighted by atomic mass is 28.3. The topological polar surface area (TPSA) is 12.5 Å². The van der Waals surface area contributed by atoms with Crippen molar-refractivity contribution >= 4 is 8.07 Å². The minimum atomic E-state index is -0.917. The molecular weight excluding hydrogens is 178 g/mol. The number of ether oxygens (including phenoxy) is 1. The highest BCUT2D eigenvalue weighted by Crippen LogP contribution is 2.14. The molecule has 0 aliphatic carbocycles. The molecular formula is C10H23NOSi. The summed E-state index contributed by atoms with van der Waals surface area (Å²) < 4.78 is 5.41. The Hall–Kier alpha value is 0.137. The second-order valence-corrected chi connectivity index (χ2v) is 10.7. The van der Waals surface area contributed by atoms with Gasteiger partial charge in [-0.05, 0) is 25.6 Å².